The lowest BCUT2D eigenvalue weighted by molar-refractivity contribution is 0.285. The molecule has 1 aliphatic rings. The van der Waals surface area contributed by atoms with E-state index in [1.54, 1.807) is 6.07 Å². The smallest absolute Gasteiger partial charge is 0.123 e. The standard InChI is InChI=1S/C16H24FN/c1-3-13-5-8-16(9-6-13)18-11-14-10-15(17)7-4-12(14)2/h4,7,10,13,16,18H,3,5-6,8-9,11H2,1-2H3. The van der Waals surface area contributed by atoms with Gasteiger partial charge >= 0.3 is 0 Å². The van der Waals surface area contributed by atoms with Crippen LogP contribution in [0.2, 0.25) is 0 Å². The molecule has 1 aliphatic carbocycles. The van der Waals surface area contributed by atoms with Crippen molar-refractivity contribution >= 4 is 0 Å². The molecule has 2 rings (SSSR count). The molecule has 0 aromatic heterocycles. The average Bonchev–Trinajstić information content (AvgIpc) is 2.40. The molecule has 0 amide bonds. The molecule has 18 heavy (non-hydrogen) atoms. The van der Waals surface area contributed by atoms with Gasteiger partial charge in [0, 0.05) is 12.6 Å². The van der Waals surface area contributed by atoms with E-state index in [0.717, 1.165) is 18.0 Å². The minimum absolute atomic E-state index is 0.132. The predicted octanol–water partition coefficient (Wildman–Crippen LogP) is 4.19. The molecule has 1 aromatic rings. The maximum atomic E-state index is 13.2. The lowest BCUT2D eigenvalue weighted by Crippen LogP contribution is -2.32. The van der Waals surface area contributed by atoms with Crippen molar-refractivity contribution in [2.75, 3.05) is 0 Å². The summed E-state index contributed by atoms with van der Waals surface area (Å²) in [5.41, 5.74) is 2.26. The van der Waals surface area contributed by atoms with Crippen molar-refractivity contribution < 1.29 is 4.39 Å². The Hall–Kier alpha value is -0.890. The van der Waals surface area contributed by atoms with E-state index in [1.807, 2.05) is 13.0 Å². The summed E-state index contributed by atoms with van der Waals surface area (Å²) in [7, 11) is 0. The average molecular weight is 249 g/mol. The number of aryl methyl sites for hydroxylation is 1. The van der Waals surface area contributed by atoms with E-state index in [4.69, 9.17) is 0 Å². The zero-order valence-electron chi connectivity index (χ0n) is 11.5. The molecule has 1 aromatic carbocycles. The molecule has 0 atom stereocenters. The minimum Gasteiger partial charge on any atom is -0.310 e. The number of halogens is 1. The number of hydrogen-bond acceptors (Lipinski definition) is 1. The Labute approximate surface area is 110 Å². The van der Waals surface area contributed by atoms with Crippen LogP contribution in [0.25, 0.3) is 0 Å². The van der Waals surface area contributed by atoms with Gasteiger partial charge in [-0.15, -0.1) is 0 Å². The van der Waals surface area contributed by atoms with Gasteiger partial charge in [-0.1, -0.05) is 19.4 Å². The van der Waals surface area contributed by atoms with Crippen LogP contribution < -0.4 is 5.32 Å². The molecule has 0 unspecified atom stereocenters. The Balaban J connectivity index is 1.83. The van der Waals surface area contributed by atoms with Gasteiger partial charge in [0.15, 0.2) is 0 Å². The second kappa shape index (κ2) is 6.33. The Kier molecular flexibility index (Phi) is 4.76. The van der Waals surface area contributed by atoms with Crippen molar-refractivity contribution in [3.63, 3.8) is 0 Å². The summed E-state index contributed by atoms with van der Waals surface area (Å²) in [6.45, 7) is 5.13. The van der Waals surface area contributed by atoms with Gasteiger partial charge in [-0.05, 0) is 61.8 Å². The van der Waals surface area contributed by atoms with E-state index in [0.29, 0.717) is 6.04 Å². The molecule has 0 radical (unpaired) electrons. The third kappa shape index (κ3) is 3.55. The van der Waals surface area contributed by atoms with Crippen LogP contribution in [0.15, 0.2) is 18.2 Å². The van der Waals surface area contributed by atoms with E-state index >= 15 is 0 Å². The maximum absolute atomic E-state index is 13.2. The highest BCUT2D eigenvalue weighted by Crippen LogP contribution is 2.26. The van der Waals surface area contributed by atoms with Crippen LogP contribution in [-0.2, 0) is 6.54 Å². The van der Waals surface area contributed by atoms with Crippen LogP contribution in [0, 0.1) is 18.7 Å². The lowest BCUT2D eigenvalue weighted by Gasteiger charge is -2.28. The van der Waals surface area contributed by atoms with E-state index in [-0.39, 0.29) is 5.82 Å². The summed E-state index contributed by atoms with van der Waals surface area (Å²) in [6, 6.07) is 5.67. The fourth-order valence-electron chi connectivity index (χ4n) is 2.86. The van der Waals surface area contributed by atoms with Gasteiger partial charge in [-0.25, -0.2) is 4.39 Å². The number of hydrogen-bond donors (Lipinski definition) is 1. The molecule has 1 saturated carbocycles. The van der Waals surface area contributed by atoms with E-state index in [9.17, 15) is 4.39 Å². The van der Waals surface area contributed by atoms with Gasteiger partial charge < -0.3 is 5.32 Å². The Bertz CT molecular complexity index is 381. The molecule has 0 spiro atoms. The third-order valence-electron chi connectivity index (χ3n) is 4.32. The van der Waals surface area contributed by atoms with Crippen LogP contribution in [0.4, 0.5) is 4.39 Å². The van der Waals surface area contributed by atoms with Crippen LogP contribution >= 0.6 is 0 Å². The van der Waals surface area contributed by atoms with Crippen LogP contribution in [0.3, 0.4) is 0 Å². The summed E-state index contributed by atoms with van der Waals surface area (Å²) in [5.74, 6) is 0.797. The number of nitrogens with one attached hydrogen (secondary N) is 1. The first kappa shape index (κ1) is 13.5. The van der Waals surface area contributed by atoms with E-state index in [1.165, 1.54) is 43.7 Å². The van der Waals surface area contributed by atoms with Crippen molar-refractivity contribution in [3.8, 4) is 0 Å². The fourth-order valence-corrected chi connectivity index (χ4v) is 2.86. The van der Waals surface area contributed by atoms with Gasteiger partial charge in [0.25, 0.3) is 0 Å². The summed E-state index contributed by atoms with van der Waals surface area (Å²) < 4.78 is 13.2. The SMILES string of the molecule is CCC1CCC(NCc2cc(F)ccc2C)CC1. The highest BCUT2D eigenvalue weighted by Gasteiger charge is 2.19. The molecule has 0 heterocycles. The van der Waals surface area contributed by atoms with Gasteiger partial charge in [0.1, 0.15) is 5.82 Å². The van der Waals surface area contributed by atoms with Crippen molar-refractivity contribution in [1.29, 1.82) is 0 Å². The Morgan fingerprint density at radius 1 is 1.22 bits per heavy atom. The second-order valence-electron chi connectivity index (χ2n) is 5.58. The minimum atomic E-state index is -0.132. The van der Waals surface area contributed by atoms with Gasteiger partial charge in [-0.3, -0.25) is 0 Å². The van der Waals surface area contributed by atoms with Gasteiger partial charge in [-0.2, -0.15) is 0 Å². The molecule has 0 bridgehead atoms. The van der Waals surface area contributed by atoms with Crippen LogP contribution in [-0.4, -0.2) is 6.04 Å². The summed E-state index contributed by atoms with van der Waals surface area (Å²) >= 11 is 0. The molecule has 2 heteroatoms. The van der Waals surface area contributed by atoms with E-state index < -0.39 is 0 Å². The molecule has 0 saturated heterocycles. The molecule has 1 nitrogen and oxygen atoms in total. The molecule has 0 aliphatic heterocycles. The highest BCUT2D eigenvalue weighted by atomic mass is 19.1. The summed E-state index contributed by atoms with van der Waals surface area (Å²) in [5, 5.41) is 3.58. The van der Waals surface area contributed by atoms with Crippen LogP contribution in [0.5, 0.6) is 0 Å². The number of benzene rings is 1. The summed E-state index contributed by atoms with van der Waals surface area (Å²) in [6.07, 6.45) is 6.54. The monoisotopic (exact) mass is 249 g/mol. The van der Waals surface area contributed by atoms with E-state index in [2.05, 4.69) is 12.2 Å². The third-order valence-corrected chi connectivity index (χ3v) is 4.32. The first-order valence-electron chi connectivity index (χ1n) is 7.17. The van der Waals surface area contributed by atoms with Crippen LogP contribution in [0.1, 0.15) is 50.2 Å². The fraction of sp³-hybridized carbons (Fsp3) is 0.625. The Morgan fingerprint density at radius 2 is 1.94 bits per heavy atom. The Morgan fingerprint density at radius 3 is 2.61 bits per heavy atom. The largest absolute Gasteiger partial charge is 0.310 e. The van der Waals surface area contributed by atoms with Crippen molar-refractivity contribution in [2.24, 2.45) is 5.92 Å². The predicted molar refractivity (Wildman–Crippen MR) is 74.0 cm³/mol. The topological polar surface area (TPSA) is 12.0 Å². The van der Waals surface area contributed by atoms with Gasteiger partial charge in [0.2, 0.25) is 0 Å². The quantitative estimate of drug-likeness (QED) is 0.843. The second-order valence-corrected chi connectivity index (χ2v) is 5.58. The zero-order valence-corrected chi connectivity index (χ0v) is 11.5. The first-order valence-corrected chi connectivity index (χ1v) is 7.17. The first-order chi connectivity index (χ1) is 8.69. The summed E-state index contributed by atoms with van der Waals surface area (Å²) in [4.78, 5) is 0. The molecule has 100 valence electrons. The van der Waals surface area contributed by atoms with Crippen molar-refractivity contribution in [1.82, 2.24) is 5.32 Å². The normalized spacial score (nSPS) is 24.2. The molecule has 1 fully saturated rings. The van der Waals surface area contributed by atoms with Crippen molar-refractivity contribution in [3.05, 3.63) is 35.1 Å². The lowest BCUT2D eigenvalue weighted by atomic mass is 9.84. The molecular weight excluding hydrogens is 225 g/mol. The molecular formula is C16H24FN. The molecule has 1 N–H and O–H groups in total. The maximum Gasteiger partial charge on any atom is 0.123 e. The number of rotatable bonds is 4. The van der Waals surface area contributed by atoms with Crippen molar-refractivity contribution in [2.45, 2.75) is 58.5 Å². The highest BCUT2D eigenvalue weighted by molar-refractivity contribution is 5.26. The van der Waals surface area contributed by atoms with Gasteiger partial charge in [0.05, 0.1) is 0 Å². The zero-order chi connectivity index (χ0) is 13.0.